The van der Waals surface area contributed by atoms with Crippen LogP contribution in [0.3, 0.4) is 0 Å². The molecule has 0 radical (unpaired) electrons. The van der Waals surface area contributed by atoms with Crippen LogP contribution in [0.1, 0.15) is 64.1 Å². The van der Waals surface area contributed by atoms with E-state index >= 15 is 0 Å². The summed E-state index contributed by atoms with van der Waals surface area (Å²) >= 11 is 0. The van der Waals surface area contributed by atoms with Crippen LogP contribution in [0.15, 0.2) is 41.2 Å². The molecule has 2 aromatic carbocycles. The molecular weight excluding hydrogens is 366 g/mol. The van der Waals surface area contributed by atoms with Gasteiger partial charge in [0.1, 0.15) is 5.82 Å². The number of aromatic nitrogens is 4. The van der Waals surface area contributed by atoms with Crippen molar-refractivity contribution in [3.8, 4) is 0 Å². The number of carbonyl (C=O) groups is 1. The number of carbonyl (C=O) groups excluding carboxylic acids is 1. The summed E-state index contributed by atoms with van der Waals surface area (Å²) in [6, 6.07) is 12.1. The second kappa shape index (κ2) is 5.11. The zero-order valence-corrected chi connectivity index (χ0v) is 15.6. The fourth-order valence-electron chi connectivity index (χ4n) is 5.16. The second-order valence-electron chi connectivity index (χ2n) is 8.29. The third-order valence-electron chi connectivity index (χ3n) is 6.81. The molecule has 0 saturated heterocycles. The Bertz CT molecular complexity index is 1430. The van der Waals surface area contributed by atoms with Crippen LogP contribution in [0.2, 0.25) is 0 Å². The predicted octanol–water partition coefficient (Wildman–Crippen LogP) is 2.90. The molecule has 7 heteroatoms. The average Bonchev–Trinajstić information content (AvgIpc) is 3.34. The molecular formula is C22H17N5O2. The standard InChI is InChI=1S/C22H17N5O2/c28-21-20-25-24-19(11-5-3-6-11)27(20)17-9-14-15(8-16(17)23-21)22(29)26-10-12-4-1-2-7-13(12)18(14)26/h1-2,4,7-9,11,18H,3,5-6,10H2,(H,23,28). The van der Waals surface area contributed by atoms with E-state index in [0.29, 0.717) is 29.2 Å². The third-order valence-corrected chi connectivity index (χ3v) is 6.81. The molecule has 1 aliphatic carbocycles. The Morgan fingerprint density at radius 2 is 1.90 bits per heavy atom. The monoisotopic (exact) mass is 383 g/mol. The van der Waals surface area contributed by atoms with Crippen molar-refractivity contribution in [2.75, 3.05) is 0 Å². The lowest BCUT2D eigenvalue weighted by atomic mass is 9.85. The van der Waals surface area contributed by atoms with E-state index in [1.54, 1.807) is 0 Å². The number of H-pyrrole nitrogens is 1. The summed E-state index contributed by atoms with van der Waals surface area (Å²) < 4.78 is 1.91. The summed E-state index contributed by atoms with van der Waals surface area (Å²) in [5, 5.41) is 8.53. The molecule has 2 aliphatic heterocycles. The molecule has 7 nitrogen and oxygen atoms in total. The van der Waals surface area contributed by atoms with E-state index < -0.39 is 0 Å². The maximum atomic E-state index is 13.1. The van der Waals surface area contributed by atoms with Crippen LogP contribution >= 0.6 is 0 Å². The number of hydrogen-bond acceptors (Lipinski definition) is 4. The van der Waals surface area contributed by atoms with Crippen molar-refractivity contribution in [1.29, 1.82) is 0 Å². The molecule has 1 amide bonds. The molecule has 1 saturated carbocycles. The molecule has 3 aliphatic rings. The van der Waals surface area contributed by atoms with Gasteiger partial charge in [-0.05, 0) is 41.7 Å². The van der Waals surface area contributed by atoms with Crippen LogP contribution in [-0.4, -0.2) is 30.4 Å². The van der Waals surface area contributed by atoms with E-state index in [0.717, 1.165) is 29.7 Å². The third kappa shape index (κ3) is 1.83. The summed E-state index contributed by atoms with van der Waals surface area (Å²) in [5.74, 6) is 1.22. The van der Waals surface area contributed by atoms with Gasteiger partial charge >= 0.3 is 0 Å². The van der Waals surface area contributed by atoms with E-state index in [-0.39, 0.29) is 17.5 Å². The predicted molar refractivity (Wildman–Crippen MR) is 106 cm³/mol. The first-order valence-corrected chi connectivity index (χ1v) is 10.0. The Labute approximate surface area is 165 Å². The van der Waals surface area contributed by atoms with Crippen LogP contribution in [0.25, 0.3) is 16.7 Å². The lowest BCUT2D eigenvalue weighted by Crippen LogP contribution is -2.21. The van der Waals surface area contributed by atoms with Crippen LogP contribution in [-0.2, 0) is 6.54 Å². The van der Waals surface area contributed by atoms with Gasteiger partial charge in [-0.15, -0.1) is 10.2 Å². The van der Waals surface area contributed by atoms with Crippen LogP contribution < -0.4 is 5.56 Å². The molecule has 2 aromatic heterocycles. The highest BCUT2D eigenvalue weighted by Crippen LogP contribution is 2.46. The van der Waals surface area contributed by atoms with Gasteiger partial charge in [-0.2, -0.15) is 0 Å². The minimum atomic E-state index is -0.271. The van der Waals surface area contributed by atoms with Gasteiger partial charge in [0.05, 0.1) is 17.1 Å². The number of benzene rings is 2. The van der Waals surface area contributed by atoms with E-state index in [2.05, 4.69) is 33.4 Å². The van der Waals surface area contributed by atoms with E-state index in [9.17, 15) is 9.59 Å². The lowest BCUT2D eigenvalue weighted by molar-refractivity contribution is 0.0759. The normalized spacial score (nSPS) is 20.2. The van der Waals surface area contributed by atoms with Crippen molar-refractivity contribution in [3.63, 3.8) is 0 Å². The van der Waals surface area contributed by atoms with Gasteiger partial charge in [0.2, 0.25) is 5.65 Å². The molecule has 1 N–H and O–H groups in total. The quantitative estimate of drug-likeness (QED) is 0.548. The second-order valence-corrected chi connectivity index (χ2v) is 8.29. The Hall–Kier alpha value is -3.48. The molecule has 0 bridgehead atoms. The average molecular weight is 383 g/mol. The first kappa shape index (κ1) is 15.4. The molecule has 1 fully saturated rings. The molecule has 1 unspecified atom stereocenters. The number of aromatic amines is 1. The van der Waals surface area contributed by atoms with Gasteiger partial charge in [-0.3, -0.25) is 14.0 Å². The molecule has 142 valence electrons. The Morgan fingerprint density at radius 1 is 1.03 bits per heavy atom. The minimum absolute atomic E-state index is 0.0204. The summed E-state index contributed by atoms with van der Waals surface area (Å²) in [6.07, 6.45) is 3.32. The van der Waals surface area contributed by atoms with Gasteiger partial charge in [0.15, 0.2) is 0 Å². The number of nitrogens with zero attached hydrogens (tertiary/aromatic N) is 4. The summed E-state index contributed by atoms with van der Waals surface area (Å²) in [5.41, 5.74) is 5.62. The molecule has 4 aromatic rings. The van der Waals surface area contributed by atoms with Crippen molar-refractivity contribution in [3.05, 3.63) is 74.8 Å². The van der Waals surface area contributed by atoms with Crippen LogP contribution in [0.5, 0.6) is 0 Å². The Balaban J connectivity index is 1.55. The maximum absolute atomic E-state index is 13.1. The molecule has 4 heterocycles. The molecule has 0 spiro atoms. The zero-order valence-electron chi connectivity index (χ0n) is 15.6. The fourth-order valence-corrected chi connectivity index (χ4v) is 5.16. The Kier molecular flexibility index (Phi) is 2.72. The number of rotatable bonds is 1. The van der Waals surface area contributed by atoms with Crippen molar-refractivity contribution in [2.45, 2.75) is 37.8 Å². The van der Waals surface area contributed by atoms with E-state index in [4.69, 9.17) is 0 Å². The van der Waals surface area contributed by atoms with Crippen molar-refractivity contribution >= 4 is 22.6 Å². The van der Waals surface area contributed by atoms with E-state index in [1.807, 2.05) is 27.5 Å². The zero-order chi connectivity index (χ0) is 19.3. The van der Waals surface area contributed by atoms with Crippen LogP contribution in [0, 0.1) is 0 Å². The maximum Gasteiger partial charge on any atom is 0.294 e. The first-order valence-electron chi connectivity index (χ1n) is 10.0. The van der Waals surface area contributed by atoms with Gasteiger partial charge in [-0.1, -0.05) is 30.7 Å². The van der Waals surface area contributed by atoms with Gasteiger partial charge < -0.3 is 9.88 Å². The van der Waals surface area contributed by atoms with Crippen molar-refractivity contribution in [2.24, 2.45) is 0 Å². The Morgan fingerprint density at radius 3 is 2.72 bits per heavy atom. The highest BCUT2D eigenvalue weighted by molar-refractivity contribution is 6.03. The topological polar surface area (TPSA) is 83.4 Å². The summed E-state index contributed by atoms with van der Waals surface area (Å²) in [4.78, 5) is 30.5. The van der Waals surface area contributed by atoms with Gasteiger partial charge in [0, 0.05) is 18.0 Å². The van der Waals surface area contributed by atoms with Crippen LogP contribution in [0.4, 0.5) is 0 Å². The molecule has 29 heavy (non-hydrogen) atoms. The first-order chi connectivity index (χ1) is 14.2. The highest BCUT2D eigenvalue weighted by Gasteiger charge is 2.43. The minimum Gasteiger partial charge on any atom is -0.323 e. The van der Waals surface area contributed by atoms with Crippen molar-refractivity contribution in [1.82, 2.24) is 24.5 Å². The number of fused-ring (bicyclic) bond motifs is 8. The van der Waals surface area contributed by atoms with Crippen molar-refractivity contribution < 1.29 is 4.79 Å². The largest absolute Gasteiger partial charge is 0.323 e. The summed E-state index contributed by atoms with van der Waals surface area (Å²) in [6.45, 7) is 0.622. The lowest BCUT2D eigenvalue weighted by Gasteiger charge is -2.23. The van der Waals surface area contributed by atoms with Gasteiger partial charge in [0.25, 0.3) is 11.5 Å². The number of amides is 1. The number of hydrogen-bond donors (Lipinski definition) is 1. The van der Waals surface area contributed by atoms with Gasteiger partial charge in [-0.25, -0.2) is 0 Å². The van der Waals surface area contributed by atoms with E-state index in [1.165, 1.54) is 17.5 Å². The smallest absolute Gasteiger partial charge is 0.294 e. The molecule has 7 rings (SSSR count). The molecule has 1 atom stereocenters. The fraction of sp³-hybridized carbons (Fsp3) is 0.273. The highest BCUT2D eigenvalue weighted by atomic mass is 16.2. The number of nitrogens with one attached hydrogen (secondary N) is 1. The SMILES string of the molecule is O=C1c2cc3[nH]c(=O)c4nnc(C5CCC5)n4c3cc2C2c3ccccc3CN12. The summed E-state index contributed by atoms with van der Waals surface area (Å²) in [7, 11) is 0.